The van der Waals surface area contributed by atoms with Gasteiger partial charge in [0, 0.05) is 51.4 Å². The van der Waals surface area contributed by atoms with Crippen molar-refractivity contribution in [1.29, 1.82) is 0 Å². The predicted molar refractivity (Wildman–Crippen MR) is 121 cm³/mol. The average molecular weight is 472 g/mol. The summed E-state index contributed by atoms with van der Waals surface area (Å²) in [5.41, 5.74) is 1.50. The van der Waals surface area contributed by atoms with Crippen LogP contribution in [0.3, 0.4) is 0 Å². The van der Waals surface area contributed by atoms with E-state index in [0.717, 1.165) is 5.56 Å². The summed E-state index contributed by atoms with van der Waals surface area (Å²) in [5.74, 6) is 0.869. The summed E-state index contributed by atoms with van der Waals surface area (Å²) in [4.78, 5) is 43.0. The Balaban J connectivity index is 1.42. The molecule has 0 atom stereocenters. The Morgan fingerprint density at radius 3 is 2.18 bits per heavy atom. The number of amides is 3. The highest BCUT2D eigenvalue weighted by molar-refractivity contribution is 5.98. The Kier molecular flexibility index (Phi) is 6.90. The normalized spacial score (nSPS) is 15.7. The van der Waals surface area contributed by atoms with E-state index in [1.54, 1.807) is 52.7 Å². The zero-order chi connectivity index (χ0) is 24.2. The Labute approximate surface area is 197 Å². The number of nitrogens with zero attached hydrogens (tertiary/aromatic N) is 5. The molecule has 2 aliphatic heterocycles. The molecule has 0 spiro atoms. The van der Waals surface area contributed by atoms with Gasteiger partial charge < -0.3 is 28.9 Å². The topological polar surface area (TPSA) is 106 Å². The molecule has 11 nitrogen and oxygen atoms in total. The molecule has 1 aromatic carbocycles. The van der Waals surface area contributed by atoms with Crippen molar-refractivity contribution in [2.45, 2.75) is 20.0 Å². The summed E-state index contributed by atoms with van der Waals surface area (Å²) in [6.07, 6.45) is -0.369. The number of hydrogen-bond donors (Lipinski definition) is 0. The predicted octanol–water partition coefficient (Wildman–Crippen LogP) is 1.47. The minimum absolute atomic E-state index is 0.188. The van der Waals surface area contributed by atoms with E-state index < -0.39 is 0 Å². The van der Waals surface area contributed by atoms with Gasteiger partial charge in [0.25, 0.3) is 11.8 Å². The van der Waals surface area contributed by atoms with Crippen molar-refractivity contribution in [1.82, 2.24) is 24.5 Å². The van der Waals surface area contributed by atoms with Crippen LogP contribution in [0.5, 0.6) is 11.5 Å². The Morgan fingerprint density at radius 1 is 0.912 bits per heavy atom. The highest BCUT2D eigenvalue weighted by Gasteiger charge is 2.31. The van der Waals surface area contributed by atoms with E-state index >= 15 is 0 Å². The molecule has 1 aromatic heterocycles. The molecule has 2 aromatic rings. The third kappa shape index (κ3) is 4.78. The number of carbonyl (C=O) groups excluding carboxylic acids is 3. The van der Waals surface area contributed by atoms with Gasteiger partial charge in [-0.3, -0.25) is 14.3 Å². The second-order valence-corrected chi connectivity index (χ2v) is 8.06. The van der Waals surface area contributed by atoms with E-state index in [1.807, 2.05) is 12.1 Å². The van der Waals surface area contributed by atoms with E-state index in [0.29, 0.717) is 69.6 Å². The highest BCUT2D eigenvalue weighted by atomic mass is 16.6. The summed E-state index contributed by atoms with van der Waals surface area (Å²) in [7, 11) is 3.16. The molecule has 3 heterocycles. The standard InChI is InChI=1S/C23H29N5O6/c1-4-34-23(31)26-7-5-25(6-8-26)21(29)19-14-20-22(30)27(9-10-28(20)24-19)15-16-11-17(32-2)13-18(12-16)33-3/h11-14H,4-10,15H2,1-3H3. The number of fused-ring (bicyclic) bond motifs is 1. The SMILES string of the molecule is CCOC(=O)N1CCN(C(=O)c2cc3n(n2)CCN(Cc2cc(OC)cc(OC)c2)C3=O)CC1. The van der Waals surface area contributed by atoms with Gasteiger partial charge in [-0.25, -0.2) is 4.79 Å². The van der Waals surface area contributed by atoms with Crippen molar-refractivity contribution in [3.05, 3.63) is 41.2 Å². The molecule has 0 bridgehead atoms. The monoisotopic (exact) mass is 471 g/mol. The summed E-state index contributed by atoms with van der Waals surface area (Å²) in [6.45, 7) is 4.99. The Hall–Kier alpha value is -3.76. The summed E-state index contributed by atoms with van der Waals surface area (Å²) in [6, 6.07) is 7.07. The number of benzene rings is 1. The number of methoxy groups -OCH3 is 2. The van der Waals surface area contributed by atoms with Crippen LogP contribution >= 0.6 is 0 Å². The lowest BCUT2D eigenvalue weighted by molar-refractivity contribution is 0.0564. The van der Waals surface area contributed by atoms with Crippen LogP contribution in [0, 0.1) is 0 Å². The summed E-state index contributed by atoms with van der Waals surface area (Å²) < 4.78 is 17.2. The van der Waals surface area contributed by atoms with Gasteiger partial charge in [-0.15, -0.1) is 0 Å². The Morgan fingerprint density at radius 2 is 1.56 bits per heavy atom. The van der Waals surface area contributed by atoms with E-state index in [9.17, 15) is 14.4 Å². The van der Waals surface area contributed by atoms with E-state index in [4.69, 9.17) is 14.2 Å². The molecule has 11 heteroatoms. The molecule has 3 amide bonds. The summed E-state index contributed by atoms with van der Waals surface area (Å²) >= 11 is 0. The van der Waals surface area contributed by atoms with Gasteiger partial charge in [0.15, 0.2) is 5.69 Å². The second kappa shape index (κ2) is 10.0. The van der Waals surface area contributed by atoms with E-state index in [2.05, 4.69) is 5.10 Å². The van der Waals surface area contributed by atoms with Crippen molar-refractivity contribution in [3.63, 3.8) is 0 Å². The van der Waals surface area contributed by atoms with Gasteiger partial charge in [-0.1, -0.05) is 0 Å². The molecule has 1 saturated heterocycles. The molecular formula is C23H29N5O6. The van der Waals surface area contributed by atoms with Gasteiger partial charge >= 0.3 is 6.09 Å². The van der Waals surface area contributed by atoms with E-state index in [-0.39, 0.29) is 23.6 Å². The maximum atomic E-state index is 13.1. The molecule has 1 fully saturated rings. The average Bonchev–Trinajstić information content (AvgIpc) is 3.30. The van der Waals surface area contributed by atoms with Gasteiger partial charge in [-0.05, 0) is 24.6 Å². The minimum atomic E-state index is -0.369. The van der Waals surface area contributed by atoms with Crippen LogP contribution in [0.4, 0.5) is 4.79 Å². The quantitative estimate of drug-likeness (QED) is 0.628. The third-order valence-electron chi connectivity index (χ3n) is 5.96. The number of carbonyl (C=O) groups is 3. The maximum absolute atomic E-state index is 13.1. The van der Waals surface area contributed by atoms with Crippen molar-refractivity contribution in [2.75, 3.05) is 53.6 Å². The fourth-order valence-corrected chi connectivity index (χ4v) is 4.14. The number of hydrogen-bond acceptors (Lipinski definition) is 7. The molecule has 0 aliphatic carbocycles. The fraction of sp³-hybridized carbons (Fsp3) is 0.478. The Bertz CT molecular complexity index is 1050. The molecule has 34 heavy (non-hydrogen) atoms. The zero-order valence-electron chi connectivity index (χ0n) is 19.7. The lowest BCUT2D eigenvalue weighted by Gasteiger charge is -2.33. The molecule has 2 aliphatic rings. The number of aromatic nitrogens is 2. The smallest absolute Gasteiger partial charge is 0.409 e. The van der Waals surface area contributed by atoms with Crippen LogP contribution in [-0.2, 0) is 17.8 Å². The van der Waals surface area contributed by atoms with Crippen LogP contribution in [0.2, 0.25) is 0 Å². The zero-order valence-corrected chi connectivity index (χ0v) is 19.7. The largest absolute Gasteiger partial charge is 0.497 e. The second-order valence-electron chi connectivity index (χ2n) is 8.06. The van der Waals surface area contributed by atoms with Gasteiger partial charge in [-0.2, -0.15) is 5.10 Å². The van der Waals surface area contributed by atoms with Crippen molar-refractivity contribution in [3.8, 4) is 11.5 Å². The first kappa shape index (κ1) is 23.4. The van der Waals surface area contributed by atoms with Crippen LogP contribution < -0.4 is 9.47 Å². The first-order valence-corrected chi connectivity index (χ1v) is 11.2. The molecule has 0 saturated carbocycles. The first-order valence-electron chi connectivity index (χ1n) is 11.2. The van der Waals surface area contributed by atoms with Crippen LogP contribution in [0.1, 0.15) is 33.5 Å². The van der Waals surface area contributed by atoms with E-state index in [1.165, 1.54) is 0 Å². The number of piperazine rings is 1. The van der Waals surface area contributed by atoms with Gasteiger partial charge in [0.2, 0.25) is 0 Å². The third-order valence-corrected chi connectivity index (χ3v) is 5.96. The highest BCUT2D eigenvalue weighted by Crippen LogP contribution is 2.25. The summed E-state index contributed by atoms with van der Waals surface area (Å²) in [5, 5.41) is 4.39. The van der Waals surface area contributed by atoms with Crippen molar-refractivity contribution >= 4 is 17.9 Å². The molecule has 0 radical (unpaired) electrons. The number of rotatable bonds is 6. The lowest BCUT2D eigenvalue weighted by atomic mass is 10.1. The lowest BCUT2D eigenvalue weighted by Crippen LogP contribution is -2.50. The van der Waals surface area contributed by atoms with Crippen molar-refractivity contribution < 1.29 is 28.6 Å². The number of ether oxygens (including phenoxy) is 3. The molecular weight excluding hydrogens is 442 g/mol. The van der Waals surface area contributed by atoms with Crippen LogP contribution in [-0.4, -0.2) is 95.9 Å². The minimum Gasteiger partial charge on any atom is -0.497 e. The fourth-order valence-electron chi connectivity index (χ4n) is 4.14. The first-order chi connectivity index (χ1) is 16.4. The molecule has 182 valence electrons. The van der Waals surface area contributed by atoms with Crippen molar-refractivity contribution in [2.24, 2.45) is 0 Å². The van der Waals surface area contributed by atoms with Gasteiger partial charge in [0.05, 0.1) is 27.4 Å². The maximum Gasteiger partial charge on any atom is 0.409 e. The van der Waals surface area contributed by atoms with Crippen LogP contribution in [0.15, 0.2) is 24.3 Å². The molecule has 0 unspecified atom stereocenters. The molecule has 4 rings (SSSR count). The van der Waals surface area contributed by atoms with Gasteiger partial charge in [0.1, 0.15) is 17.2 Å². The molecule has 0 N–H and O–H groups in total. The van der Waals surface area contributed by atoms with Crippen LogP contribution in [0.25, 0.3) is 0 Å².